The summed E-state index contributed by atoms with van der Waals surface area (Å²) in [5.41, 5.74) is 2.14. The largest absolute Gasteiger partial charge is 0.316 e. The van der Waals surface area contributed by atoms with Gasteiger partial charge < -0.3 is 5.32 Å². The first-order chi connectivity index (χ1) is 8.09. The minimum atomic E-state index is -2.95. The SMILES string of the molecule is CCc1ccc(CS(=O)(=O)CC2CNC2)cc1. The summed E-state index contributed by atoms with van der Waals surface area (Å²) in [6, 6.07) is 7.87. The van der Waals surface area contributed by atoms with Crippen LogP contribution in [0.2, 0.25) is 0 Å². The molecule has 0 saturated carbocycles. The maximum Gasteiger partial charge on any atom is 0.154 e. The van der Waals surface area contributed by atoms with Crippen molar-refractivity contribution in [2.24, 2.45) is 5.92 Å². The number of rotatable bonds is 5. The molecule has 1 aliphatic rings. The predicted octanol–water partition coefficient (Wildman–Crippen LogP) is 1.38. The summed E-state index contributed by atoms with van der Waals surface area (Å²) in [5.74, 6) is 0.804. The second-order valence-corrected chi connectivity index (χ2v) is 6.86. The van der Waals surface area contributed by atoms with Crippen molar-refractivity contribution in [3.8, 4) is 0 Å². The summed E-state index contributed by atoms with van der Waals surface area (Å²) in [4.78, 5) is 0. The van der Waals surface area contributed by atoms with Gasteiger partial charge in [0, 0.05) is 13.1 Å². The van der Waals surface area contributed by atoms with Gasteiger partial charge in [0.1, 0.15) is 0 Å². The van der Waals surface area contributed by atoms with Gasteiger partial charge in [0.25, 0.3) is 0 Å². The van der Waals surface area contributed by atoms with Crippen molar-refractivity contribution in [1.82, 2.24) is 5.32 Å². The van der Waals surface area contributed by atoms with Gasteiger partial charge in [-0.15, -0.1) is 0 Å². The molecule has 17 heavy (non-hydrogen) atoms. The van der Waals surface area contributed by atoms with Crippen molar-refractivity contribution >= 4 is 9.84 Å². The second kappa shape index (κ2) is 5.19. The maximum atomic E-state index is 11.9. The third-order valence-corrected chi connectivity index (χ3v) is 4.93. The zero-order valence-electron chi connectivity index (χ0n) is 10.1. The van der Waals surface area contributed by atoms with Crippen LogP contribution in [0.5, 0.6) is 0 Å². The van der Waals surface area contributed by atoms with E-state index in [1.807, 2.05) is 24.3 Å². The van der Waals surface area contributed by atoms with Gasteiger partial charge in [-0.05, 0) is 23.5 Å². The molecule has 1 N–H and O–H groups in total. The minimum Gasteiger partial charge on any atom is -0.316 e. The Morgan fingerprint density at radius 2 is 1.76 bits per heavy atom. The Morgan fingerprint density at radius 1 is 1.18 bits per heavy atom. The molecule has 1 aliphatic heterocycles. The Labute approximate surface area is 103 Å². The van der Waals surface area contributed by atoms with Gasteiger partial charge in [-0.3, -0.25) is 0 Å². The van der Waals surface area contributed by atoms with E-state index >= 15 is 0 Å². The van der Waals surface area contributed by atoms with Gasteiger partial charge in [-0.25, -0.2) is 8.42 Å². The van der Waals surface area contributed by atoms with Gasteiger partial charge in [0.2, 0.25) is 0 Å². The minimum absolute atomic E-state index is 0.174. The number of nitrogens with one attached hydrogen (secondary N) is 1. The summed E-state index contributed by atoms with van der Waals surface area (Å²) in [6.45, 7) is 3.78. The van der Waals surface area contributed by atoms with Gasteiger partial charge in [-0.1, -0.05) is 31.2 Å². The molecule has 0 aliphatic carbocycles. The van der Waals surface area contributed by atoms with E-state index in [0.29, 0.717) is 11.7 Å². The maximum absolute atomic E-state index is 11.9. The van der Waals surface area contributed by atoms with Gasteiger partial charge >= 0.3 is 0 Å². The molecule has 0 spiro atoms. The molecule has 1 fully saturated rings. The average Bonchev–Trinajstić information content (AvgIpc) is 2.24. The molecule has 1 aromatic rings. The molecule has 0 bridgehead atoms. The van der Waals surface area contributed by atoms with Crippen LogP contribution in [0.1, 0.15) is 18.1 Å². The Balaban J connectivity index is 1.98. The first-order valence-electron chi connectivity index (χ1n) is 6.08. The topological polar surface area (TPSA) is 46.2 Å². The van der Waals surface area contributed by atoms with E-state index < -0.39 is 9.84 Å². The predicted molar refractivity (Wildman–Crippen MR) is 69.7 cm³/mol. The first kappa shape index (κ1) is 12.6. The lowest BCUT2D eigenvalue weighted by Crippen LogP contribution is -2.45. The summed E-state index contributed by atoms with van der Waals surface area (Å²) >= 11 is 0. The van der Waals surface area contributed by atoms with Crippen LogP contribution in [0, 0.1) is 5.92 Å². The highest BCUT2D eigenvalue weighted by Gasteiger charge is 2.24. The van der Waals surface area contributed by atoms with Crippen molar-refractivity contribution in [1.29, 1.82) is 0 Å². The van der Waals surface area contributed by atoms with Crippen LogP contribution in [0.15, 0.2) is 24.3 Å². The molecule has 0 radical (unpaired) electrons. The van der Waals surface area contributed by atoms with Crippen LogP contribution in [0.25, 0.3) is 0 Å². The molecule has 0 atom stereocenters. The van der Waals surface area contributed by atoms with Crippen molar-refractivity contribution in [3.63, 3.8) is 0 Å². The normalized spacial score (nSPS) is 16.8. The Bertz CT molecular complexity index is 461. The second-order valence-electron chi connectivity index (χ2n) is 4.75. The lowest BCUT2D eigenvalue weighted by molar-refractivity contribution is 0.378. The molecule has 1 saturated heterocycles. The number of sulfone groups is 1. The molecule has 0 aromatic heterocycles. The molecule has 1 aromatic carbocycles. The van der Waals surface area contributed by atoms with E-state index in [1.54, 1.807) is 0 Å². The zero-order chi connectivity index (χ0) is 12.3. The highest BCUT2D eigenvalue weighted by atomic mass is 32.2. The fourth-order valence-electron chi connectivity index (χ4n) is 2.01. The molecule has 0 unspecified atom stereocenters. The molecule has 2 rings (SSSR count). The Kier molecular flexibility index (Phi) is 3.84. The van der Waals surface area contributed by atoms with Crippen LogP contribution in [-0.2, 0) is 22.0 Å². The monoisotopic (exact) mass is 253 g/mol. The first-order valence-corrected chi connectivity index (χ1v) is 7.90. The van der Waals surface area contributed by atoms with Crippen LogP contribution < -0.4 is 5.32 Å². The average molecular weight is 253 g/mol. The highest BCUT2D eigenvalue weighted by Crippen LogP contribution is 2.13. The smallest absolute Gasteiger partial charge is 0.154 e. The van der Waals surface area contributed by atoms with Crippen molar-refractivity contribution in [3.05, 3.63) is 35.4 Å². The molecule has 4 heteroatoms. The Morgan fingerprint density at radius 3 is 2.24 bits per heavy atom. The van der Waals surface area contributed by atoms with Crippen LogP contribution in [0.3, 0.4) is 0 Å². The lowest BCUT2D eigenvalue weighted by Gasteiger charge is -2.26. The Hall–Kier alpha value is -0.870. The van der Waals surface area contributed by atoms with E-state index in [2.05, 4.69) is 12.2 Å². The number of hydrogen-bond donors (Lipinski definition) is 1. The van der Waals surface area contributed by atoms with E-state index in [0.717, 1.165) is 25.1 Å². The summed E-state index contributed by atoms with van der Waals surface area (Å²) in [6.07, 6.45) is 0.987. The molecular weight excluding hydrogens is 234 g/mol. The number of aryl methyl sites for hydroxylation is 1. The standard InChI is InChI=1S/C13H19NO2S/c1-2-11-3-5-12(6-4-11)9-17(15,16)10-13-7-14-8-13/h3-6,13-14H,2,7-10H2,1H3. The number of hydrogen-bond acceptors (Lipinski definition) is 3. The third-order valence-electron chi connectivity index (χ3n) is 3.17. The van der Waals surface area contributed by atoms with Crippen molar-refractivity contribution in [2.75, 3.05) is 18.8 Å². The molecular formula is C13H19NO2S. The quantitative estimate of drug-likeness (QED) is 0.862. The summed E-state index contributed by atoms with van der Waals surface area (Å²) < 4.78 is 23.9. The van der Waals surface area contributed by atoms with Gasteiger partial charge in [0.15, 0.2) is 9.84 Å². The highest BCUT2D eigenvalue weighted by molar-refractivity contribution is 7.90. The summed E-state index contributed by atoms with van der Waals surface area (Å²) in [7, 11) is -2.95. The van der Waals surface area contributed by atoms with Crippen LogP contribution in [-0.4, -0.2) is 27.3 Å². The van der Waals surface area contributed by atoms with Gasteiger partial charge in [-0.2, -0.15) is 0 Å². The molecule has 0 amide bonds. The lowest BCUT2D eigenvalue weighted by atomic mass is 10.1. The molecule has 3 nitrogen and oxygen atoms in total. The fourth-order valence-corrected chi connectivity index (χ4v) is 3.78. The van der Waals surface area contributed by atoms with Gasteiger partial charge in [0.05, 0.1) is 11.5 Å². The van der Waals surface area contributed by atoms with Crippen molar-refractivity contribution < 1.29 is 8.42 Å². The van der Waals surface area contributed by atoms with Crippen molar-refractivity contribution in [2.45, 2.75) is 19.1 Å². The summed E-state index contributed by atoms with van der Waals surface area (Å²) in [5, 5.41) is 3.10. The molecule has 94 valence electrons. The van der Waals surface area contributed by atoms with Crippen LogP contribution in [0.4, 0.5) is 0 Å². The van der Waals surface area contributed by atoms with E-state index in [9.17, 15) is 8.42 Å². The van der Waals surface area contributed by atoms with E-state index in [1.165, 1.54) is 5.56 Å². The zero-order valence-corrected chi connectivity index (χ0v) is 11.0. The fraction of sp³-hybridized carbons (Fsp3) is 0.538. The van der Waals surface area contributed by atoms with Crippen LogP contribution >= 0.6 is 0 Å². The third kappa shape index (κ3) is 3.54. The van der Waals surface area contributed by atoms with E-state index in [4.69, 9.17) is 0 Å². The van der Waals surface area contributed by atoms with E-state index in [-0.39, 0.29) is 5.75 Å². The molecule has 1 heterocycles. The number of benzene rings is 1.